The highest BCUT2D eigenvalue weighted by Gasteiger charge is 2.41. The molecule has 16 heavy (non-hydrogen) atoms. The van der Waals surface area contributed by atoms with E-state index >= 15 is 0 Å². The smallest absolute Gasteiger partial charge is 0.113 e. The van der Waals surface area contributed by atoms with Gasteiger partial charge in [0.15, 0.2) is 0 Å². The van der Waals surface area contributed by atoms with Crippen LogP contribution in [0.3, 0.4) is 0 Å². The standard InChI is InChI=1S/C15H14O/c1-11(12-7-5-6-8-12)14-15(16-14)13-9-3-2-4-10-13/h2-10,14-15H,1H3. The number of hydrogen-bond donors (Lipinski definition) is 0. The van der Waals surface area contributed by atoms with Crippen LogP contribution in [-0.4, -0.2) is 6.10 Å². The summed E-state index contributed by atoms with van der Waals surface area (Å²) in [4.78, 5) is 0. The molecular formula is C15H14O. The predicted octanol–water partition coefficient (Wildman–Crippen LogP) is 3.57. The lowest BCUT2D eigenvalue weighted by Crippen LogP contribution is -1.93. The van der Waals surface area contributed by atoms with Crippen LogP contribution >= 0.6 is 0 Å². The Morgan fingerprint density at radius 1 is 1.06 bits per heavy atom. The normalized spacial score (nSPS) is 26.2. The molecule has 0 aromatic heterocycles. The van der Waals surface area contributed by atoms with E-state index in [0.29, 0.717) is 0 Å². The molecule has 80 valence electrons. The van der Waals surface area contributed by atoms with E-state index in [1.54, 1.807) is 0 Å². The number of allylic oxidation sites excluding steroid dienone is 5. The highest BCUT2D eigenvalue weighted by Crippen LogP contribution is 2.44. The SMILES string of the molecule is CC(=C1C=CC=C1)C1OC1c1ccccc1. The van der Waals surface area contributed by atoms with Gasteiger partial charge in [0, 0.05) is 0 Å². The van der Waals surface area contributed by atoms with E-state index in [1.165, 1.54) is 16.7 Å². The van der Waals surface area contributed by atoms with Gasteiger partial charge >= 0.3 is 0 Å². The molecule has 1 nitrogen and oxygen atoms in total. The maximum Gasteiger partial charge on any atom is 0.113 e. The second-order valence-electron chi connectivity index (χ2n) is 4.24. The quantitative estimate of drug-likeness (QED) is 0.680. The van der Waals surface area contributed by atoms with Gasteiger partial charge in [-0.25, -0.2) is 0 Å². The van der Waals surface area contributed by atoms with Gasteiger partial charge in [0.05, 0.1) is 0 Å². The Bertz CT molecular complexity index is 465. The van der Waals surface area contributed by atoms with Gasteiger partial charge in [-0.15, -0.1) is 0 Å². The number of epoxide rings is 1. The van der Waals surface area contributed by atoms with E-state index in [-0.39, 0.29) is 12.2 Å². The van der Waals surface area contributed by atoms with Gasteiger partial charge in [-0.1, -0.05) is 54.6 Å². The van der Waals surface area contributed by atoms with Crippen LogP contribution < -0.4 is 0 Å². The molecule has 0 N–H and O–H groups in total. The topological polar surface area (TPSA) is 12.5 Å². The first-order valence-corrected chi connectivity index (χ1v) is 5.62. The van der Waals surface area contributed by atoms with Crippen LogP contribution in [0.15, 0.2) is 65.8 Å². The minimum atomic E-state index is 0.260. The lowest BCUT2D eigenvalue weighted by atomic mass is 10.0. The Labute approximate surface area is 95.7 Å². The molecule has 0 saturated carbocycles. The van der Waals surface area contributed by atoms with E-state index in [0.717, 1.165) is 0 Å². The van der Waals surface area contributed by atoms with Gasteiger partial charge in [-0.3, -0.25) is 0 Å². The lowest BCUT2D eigenvalue weighted by Gasteiger charge is -1.99. The average Bonchev–Trinajstić information content (AvgIpc) is 2.95. The average molecular weight is 210 g/mol. The van der Waals surface area contributed by atoms with Crippen molar-refractivity contribution in [3.8, 4) is 0 Å². The van der Waals surface area contributed by atoms with Crippen molar-refractivity contribution in [1.29, 1.82) is 0 Å². The van der Waals surface area contributed by atoms with Crippen molar-refractivity contribution in [1.82, 2.24) is 0 Å². The van der Waals surface area contributed by atoms with Crippen LogP contribution in [0, 0.1) is 0 Å². The van der Waals surface area contributed by atoms with Gasteiger partial charge in [0.25, 0.3) is 0 Å². The molecule has 1 aromatic carbocycles. The first-order chi connectivity index (χ1) is 7.86. The molecular weight excluding hydrogens is 196 g/mol. The van der Waals surface area contributed by atoms with Crippen LogP contribution in [0.25, 0.3) is 0 Å². The van der Waals surface area contributed by atoms with Gasteiger partial charge in [-0.2, -0.15) is 0 Å². The van der Waals surface area contributed by atoms with Crippen molar-refractivity contribution in [2.24, 2.45) is 0 Å². The van der Waals surface area contributed by atoms with Crippen LogP contribution in [0.2, 0.25) is 0 Å². The molecule has 0 bridgehead atoms. The van der Waals surface area contributed by atoms with Crippen molar-refractivity contribution in [2.75, 3.05) is 0 Å². The highest BCUT2D eigenvalue weighted by molar-refractivity contribution is 5.46. The molecule has 2 aliphatic rings. The van der Waals surface area contributed by atoms with E-state index in [1.807, 2.05) is 6.07 Å². The molecule has 1 saturated heterocycles. The molecule has 1 heterocycles. The number of rotatable bonds is 2. The Hall–Kier alpha value is -1.60. The molecule has 1 aliphatic carbocycles. The summed E-state index contributed by atoms with van der Waals surface area (Å²) < 4.78 is 5.75. The van der Waals surface area contributed by atoms with Crippen molar-refractivity contribution in [3.63, 3.8) is 0 Å². The monoisotopic (exact) mass is 210 g/mol. The predicted molar refractivity (Wildman–Crippen MR) is 65.0 cm³/mol. The lowest BCUT2D eigenvalue weighted by molar-refractivity contribution is 0.388. The fraction of sp³-hybridized carbons (Fsp3) is 0.200. The minimum Gasteiger partial charge on any atom is -0.360 e. The zero-order chi connectivity index (χ0) is 11.0. The maximum absolute atomic E-state index is 5.75. The molecule has 2 atom stereocenters. The van der Waals surface area contributed by atoms with E-state index < -0.39 is 0 Å². The summed E-state index contributed by atoms with van der Waals surface area (Å²) >= 11 is 0. The second-order valence-corrected chi connectivity index (χ2v) is 4.24. The molecule has 3 rings (SSSR count). The van der Waals surface area contributed by atoms with Crippen LogP contribution in [0.5, 0.6) is 0 Å². The van der Waals surface area contributed by atoms with E-state index in [4.69, 9.17) is 4.74 Å². The molecule has 1 aromatic rings. The van der Waals surface area contributed by atoms with E-state index in [2.05, 4.69) is 55.5 Å². The Morgan fingerprint density at radius 2 is 1.75 bits per heavy atom. The molecule has 1 heteroatoms. The Balaban J connectivity index is 1.80. The Kier molecular flexibility index (Phi) is 2.26. The summed E-state index contributed by atoms with van der Waals surface area (Å²) in [5, 5.41) is 0. The molecule has 1 aliphatic heterocycles. The van der Waals surface area contributed by atoms with Crippen LogP contribution in [-0.2, 0) is 4.74 Å². The number of ether oxygens (including phenoxy) is 1. The molecule has 0 radical (unpaired) electrons. The maximum atomic E-state index is 5.75. The largest absolute Gasteiger partial charge is 0.360 e. The third-order valence-electron chi connectivity index (χ3n) is 3.16. The summed E-state index contributed by atoms with van der Waals surface area (Å²) in [5.41, 5.74) is 3.90. The van der Waals surface area contributed by atoms with Gasteiger partial charge in [0.2, 0.25) is 0 Å². The third kappa shape index (κ3) is 1.63. The van der Waals surface area contributed by atoms with Crippen molar-refractivity contribution in [3.05, 3.63) is 71.3 Å². The van der Waals surface area contributed by atoms with Gasteiger partial charge in [0.1, 0.15) is 12.2 Å². The van der Waals surface area contributed by atoms with Gasteiger partial charge < -0.3 is 4.74 Å². The first kappa shape index (κ1) is 9.61. The summed E-state index contributed by atoms with van der Waals surface area (Å²) in [6.45, 7) is 2.16. The van der Waals surface area contributed by atoms with Crippen molar-refractivity contribution < 1.29 is 4.74 Å². The molecule has 0 amide bonds. The molecule has 1 fully saturated rings. The number of benzene rings is 1. The summed E-state index contributed by atoms with van der Waals surface area (Å²) in [6.07, 6.45) is 8.94. The first-order valence-electron chi connectivity index (χ1n) is 5.62. The third-order valence-corrected chi connectivity index (χ3v) is 3.16. The summed E-state index contributed by atoms with van der Waals surface area (Å²) in [6, 6.07) is 10.4. The van der Waals surface area contributed by atoms with Gasteiger partial charge in [-0.05, 0) is 23.6 Å². The molecule has 0 spiro atoms. The minimum absolute atomic E-state index is 0.260. The summed E-state index contributed by atoms with van der Waals surface area (Å²) in [5.74, 6) is 0. The zero-order valence-electron chi connectivity index (χ0n) is 9.26. The van der Waals surface area contributed by atoms with E-state index in [9.17, 15) is 0 Å². The summed E-state index contributed by atoms with van der Waals surface area (Å²) in [7, 11) is 0. The van der Waals surface area contributed by atoms with Crippen LogP contribution in [0.4, 0.5) is 0 Å². The van der Waals surface area contributed by atoms with Crippen molar-refractivity contribution in [2.45, 2.75) is 19.1 Å². The fourth-order valence-electron chi connectivity index (χ4n) is 2.14. The van der Waals surface area contributed by atoms with Crippen LogP contribution in [0.1, 0.15) is 18.6 Å². The zero-order valence-corrected chi connectivity index (χ0v) is 9.26. The molecule has 2 unspecified atom stereocenters. The second kappa shape index (κ2) is 3.76. The fourth-order valence-corrected chi connectivity index (χ4v) is 2.14. The Morgan fingerprint density at radius 3 is 2.44 bits per heavy atom. The highest BCUT2D eigenvalue weighted by atomic mass is 16.6. The van der Waals surface area contributed by atoms with Crippen molar-refractivity contribution >= 4 is 0 Å². The number of hydrogen-bond acceptors (Lipinski definition) is 1.